The van der Waals surface area contributed by atoms with Gasteiger partial charge in [0.2, 0.25) is 5.91 Å². The number of benzene rings is 2. The molecule has 0 aromatic heterocycles. The number of nitrogens with one attached hydrogen (secondary N) is 1. The number of rotatable bonds is 5. The van der Waals surface area contributed by atoms with Gasteiger partial charge in [-0.05, 0) is 54.3 Å². The third kappa shape index (κ3) is 5.06. The van der Waals surface area contributed by atoms with Crippen LogP contribution < -0.4 is 11.1 Å². The number of carbonyl (C=O) groups is 2. The van der Waals surface area contributed by atoms with Crippen molar-refractivity contribution >= 4 is 35.3 Å². The molecular weight excluding hydrogens is 419 g/mol. The van der Waals surface area contributed by atoms with E-state index in [-0.39, 0.29) is 23.8 Å². The molecule has 2 aliphatic rings. The fraction of sp³-hybridized carbons (Fsp3) is 0.304. The molecule has 31 heavy (non-hydrogen) atoms. The normalized spacial score (nSPS) is 20.9. The average molecular weight is 443 g/mol. The van der Waals surface area contributed by atoms with Gasteiger partial charge in [0.1, 0.15) is 5.82 Å². The van der Waals surface area contributed by atoms with Gasteiger partial charge in [0.25, 0.3) is 0 Å². The molecule has 8 heteroatoms. The molecule has 2 aliphatic heterocycles. The SMILES string of the molecule is NC(=O)Nc1cc(Cl)ccc1C=CC(=O)N1C2CCC1CN(Cc1ccc(F)cc1)C2. The molecule has 2 aromatic carbocycles. The predicted molar refractivity (Wildman–Crippen MR) is 119 cm³/mol. The Balaban J connectivity index is 1.42. The summed E-state index contributed by atoms with van der Waals surface area (Å²) in [6.45, 7) is 2.34. The van der Waals surface area contributed by atoms with Crippen LogP contribution in [0.1, 0.15) is 24.0 Å². The van der Waals surface area contributed by atoms with Crippen LogP contribution in [-0.2, 0) is 11.3 Å². The maximum atomic E-state index is 13.1. The van der Waals surface area contributed by atoms with Crippen LogP contribution in [0.2, 0.25) is 5.02 Å². The van der Waals surface area contributed by atoms with Crippen LogP contribution in [0.25, 0.3) is 6.08 Å². The second kappa shape index (κ2) is 9.08. The largest absolute Gasteiger partial charge is 0.351 e. The van der Waals surface area contributed by atoms with Crippen LogP contribution in [0.4, 0.5) is 14.9 Å². The van der Waals surface area contributed by atoms with Crippen LogP contribution in [0.15, 0.2) is 48.5 Å². The van der Waals surface area contributed by atoms with Gasteiger partial charge in [-0.3, -0.25) is 9.69 Å². The van der Waals surface area contributed by atoms with Crippen molar-refractivity contribution in [1.29, 1.82) is 0 Å². The Hall–Kier alpha value is -2.90. The Morgan fingerprint density at radius 2 is 1.81 bits per heavy atom. The molecule has 2 heterocycles. The summed E-state index contributed by atoms with van der Waals surface area (Å²) in [6, 6.07) is 11.2. The van der Waals surface area contributed by atoms with Crippen molar-refractivity contribution in [3.05, 3.63) is 70.5 Å². The molecule has 6 nitrogen and oxygen atoms in total. The Labute approximate surface area is 185 Å². The maximum Gasteiger partial charge on any atom is 0.316 e. The number of anilines is 1. The second-order valence-corrected chi connectivity index (χ2v) is 8.44. The quantitative estimate of drug-likeness (QED) is 0.690. The summed E-state index contributed by atoms with van der Waals surface area (Å²) in [5, 5.41) is 2.99. The zero-order chi connectivity index (χ0) is 22.0. The average Bonchev–Trinajstić information content (AvgIpc) is 2.99. The van der Waals surface area contributed by atoms with E-state index >= 15 is 0 Å². The molecule has 0 radical (unpaired) electrons. The number of halogens is 2. The number of urea groups is 1. The number of nitrogens with two attached hydrogens (primary N) is 1. The lowest BCUT2D eigenvalue weighted by molar-refractivity contribution is -0.131. The number of nitrogens with zero attached hydrogens (tertiary/aromatic N) is 2. The van der Waals surface area contributed by atoms with Crippen molar-refractivity contribution in [3.63, 3.8) is 0 Å². The number of likely N-dealkylation sites (tertiary alicyclic amines) is 1. The number of carbonyl (C=O) groups excluding carboxylic acids is 2. The molecule has 3 amide bonds. The molecule has 3 N–H and O–H groups in total. The Morgan fingerprint density at radius 3 is 2.45 bits per heavy atom. The van der Waals surface area contributed by atoms with Crippen molar-refractivity contribution in [2.45, 2.75) is 31.5 Å². The molecule has 2 unspecified atom stereocenters. The summed E-state index contributed by atoms with van der Waals surface area (Å²) >= 11 is 6.00. The van der Waals surface area contributed by atoms with Crippen LogP contribution in [0.5, 0.6) is 0 Å². The Kier molecular flexibility index (Phi) is 6.25. The molecule has 2 fully saturated rings. The lowest BCUT2D eigenvalue weighted by atomic mass is 10.1. The number of fused-ring (bicyclic) bond motifs is 2. The minimum atomic E-state index is -0.696. The summed E-state index contributed by atoms with van der Waals surface area (Å²) in [5.41, 5.74) is 7.39. The topological polar surface area (TPSA) is 78.7 Å². The fourth-order valence-electron chi connectivity index (χ4n) is 4.49. The van der Waals surface area contributed by atoms with Crippen LogP contribution >= 0.6 is 11.6 Å². The molecule has 2 atom stereocenters. The Morgan fingerprint density at radius 1 is 1.13 bits per heavy atom. The first-order chi connectivity index (χ1) is 14.9. The minimum Gasteiger partial charge on any atom is -0.351 e. The van der Waals surface area contributed by atoms with E-state index in [1.807, 2.05) is 4.90 Å². The molecule has 0 spiro atoms. The fourth-order valence-corrected chi connectivity index (χ4v) is 4.66. The van der Waals surface area contributed by atoms with Gasteiger partial charge < -0.3 is 16.0 Å². The maximum absolute atomic E-state index is 13.1. The van der Waals surface area contributed by atoms with E-state index in [0.29, 0.717) is 16.3 Å². The third-order valence-corrected chi connectivity index (χ3v) is 6.05. The van der Waals surface area contributed by atoms with Gasteiger partial charge in [-0.25, -0.2) is 9.18 Å². The monoisotopic (exact) mass is 442 g/mol. The molecule has 2 aromatic rings. The highest BCUT2D eigenvalue weighted by atomic mass is 35.5. The van der Waals surface area contributed by atoms with E-state index < -0.39 is 6.03 Å². The molecule has 0 saturated carbocycles. The van der Waals surface area contributed by atoms with Gasteiger partial charge in [0.15, 0.2) is 0 Å². The third-order valence-electron chi connectivity index (χ3n) is 5.81. The van der Waals surface area contributed by atoms with E-state index in [2.05, 4.69) is 10.2 Å². The van der Waals surface area contributed by atoms with E-state index in [1.165, 1.54) is 18.2 Å². The summed E-state index contributed by atoms with van der Waals surface area (Å²) in [7, 11) is 0. The molecule has 162 valence electrons. The van der Waals surface area contributed by atoms with Crippen molar-refractivity contribution in [2.24, 2.45) is 5.73 Å². The number of hydrogen-bond acceptors (Lipinski definition) is 3. The number of piperazine rings is 1. The van der Waals surface area contributed by atoms with Crippen LogP contribution in [0.3, 0.4) is 0 Å². The van der Waals surface area contributed by atoms with Crippen molar-refractivity contribution < 1.29 is 14.0 Å². The second-order valence-electron chi connectivity index (χ2n) is 8.01. The van der Waals surface area contributed by atoms with Crippen LogP contribution in [-0.4, -0.2) is 46.9 Å². The highest BCUT2D eigenvalue weighted by Crippen LogP contribution is 2.31. The van der Waals surface area contributed by atoms with E-state index in [9.17, 15) is 14.0 Å². The first kappa shape index (κ1) is 21.3. The number of hydrogen-bond donors (Lipinski definition) is 2. The van der Waals surface area contributed by atoms with Gasteiger partial charge in [0.05, 0.1) is 5.69 Å². The number of amides is 3. The van der Waals surface area contributed by atoms with Crippen molar-refractivity contribution in [3.8, 4) is 0 Å². The first-order valence-corrected chi connectivity index (χ1v) is 10.6. The van der Waals surface area contributed by atoms with Gasteiger partial charge >= 0.3 is 6.03 Å². The van der Waals surface area contributed by atoms with E-state index in [4.69, 9.17) is 17.3 Å². The molecule has 4 rings (SSSR count). The number of primary amides is 1. The lowest BCUT2D eigenvalue weighted by Crippen LogP contribution is -2.55. The summed E-state index contributed by atoms with van der Waals surface area (Å²) < 4.78 is 13.1. The van der Waals surface area contributed by atoms with Gasteiger partial charge in [-0.1, -0.05) is 29.8 Å². The van der Waals surface area contributed by atoms with Crippen molar-refractivity contribution in [2.75, 3.05) is 18.4 Å². The van der Waals surface area contributed by atoms with E-state index in [0.717, 1.165) is 38.0 Å². The molecule has 0 aliphatic carbocycles. The van der Waals surface area contributed by atoms with Crippen molar-refractivity contribution in [1.82, 2.24) is 9.80 Å². The zero-order valence-electron chi connectivity index (χ0n) is 16.9. The standard InChI is InChI=1S/C23H24ClFN4O2/c24-17-5-3-16(21(11-17)27-23(26)31)4-10-22(30)29-19-8-9-20(29)14-28(13-19)12-15-1-6-18(25)7-2-15/h1-7,10-11,19-20H,8-9,12-14H2,(H3,26,27,31). The predicted octanol–water partition coefficient (Wildman–Crippen LogP) is 3.86. The molecule has 2 saturated heterocycles. The Bertz CT molecular complexity index is 997. The van der Waals surface area contributed by atoms with Gasteiger partial charge in [-0.2, -0.15) is 0 Å². The highest BCUT2D eigenvalue weighted by molar-refractivity contribution is 6.31. The highest BCUT2D eigenvalue weighted by Gasteiger charge is 2.41. The molecular formula is C23H24ClFN4O2. The smallest absolute Gasteiger partial charge is 0.316 e. The van der Waals surface area contributed by atoms with Gasteiger partial charge in [-0.15, -0.1) is 0 Å². The summed E-state index contributed by atoms with van der Waals surface area (Å²) in [6.07, 6.45) is 5.16. The molecule has 2 bridgehead atoms. The van der Waals surface area contributed by atoms with Crippen LogP contribution in [0, 0.1) is 5.82 Å². The minimum absolute atomic E-state index is 0.0473. The summed E-state index contributed by atoms with van der Waals surface area (Å²) in [5.74, 6) is -0.283. The zero-order valence-corrected chi connectivity index (χ0v) is 17.7. The lowest BCUT2D eigenvalue weighted by Gasteiger charge is -2.40. The summed E-state index contributed by atoms with van der Waals surface area (Å²) in [4.78, 5) is 28.5. The van der Waals surface area contributed by atoms with Gasteiger partial charge in [0, 0.05) is 42.8 Å². The first-order valence-electron chi connectivity index (χ1n) is 10.2. The van der Waals surface area contributed by atoms with E-state index in [1.54, 1.807) is 36.4 Å².